The van der Waals surface area contributed by atoms with Gasteiger partial charge in [0.25, 0.3) is 5.56 Å². The molecule has 31 heavy (non-hydrogen) atoms. The van der Waals surface area contributed by atoms with Gasteiger partial charge in [-0.25, -0.2) is 0 Å². The highest BCUT2D eigenvalue weighted by atomic mass is 32.1. The van der Waals surface area contributed by atoms with Crippen molar-refractivity contribution >= 4 is 33.9 Å². The van der Waals surface area contributed by atoms with Gasteiger partial charge in [-0.15, -0.1) is 0 Å². The van der Waals surface area contributed by atoms with Crippen molar-refractivity contribution in [1.29, 1.82) is 0 Å². The summed E-state index contributed by atoms with van der Waals surface area (Å²) in [7, 11) is 4.04. The van der Waals surface area contributed by atoms with Crippen molar-refractivity contribution in [2.75, 3.05) is 39.1 Å². The quantitative estimate of drug-likeness (QED) is 0.519. The number of aryl methyl sites for hydroxylation is 1. The van der Waals surface area contributed by atoms with Gasteiger partial charge < -0.3 is 24.8 Å². The Bertz CT molecular complexity index is 1090. The Morgan fingerprint density at radius 1 is 1.10 bits per heavy atom. The molecule has 0 bridgehead atoms. The Hall–Kier alpha value is -2.90. The standard InChI is InChI=1S/C24H30N4O2S/c1-5-30-21-9-7-20(8-10-21)25-24(31)28(13-12-27(3)4)16-19-15-18-14-17(2)6-11-22(18)26-23(19)29/h6-11,14-15H,5,12-13,16H2,1-4H3,(H,25,31)(H,26,29). The molecule has 3 aromatic rings. The Morgan fingerprint density at radius 3 is 2.52 bits per heavy atom. The monoisotopic (exact) mass is 438 g/mol. The van der Waals surface area contributed by atoms with Gasteiger partial charge in [0.15, 0.2) is 5.11 Å². The van der Waals surface area contributed by atoms with Gasteiger partial charge in [0.2, 0.25) is 0 Å². The maximum Gasteiger partial charge on any atom is 0.253 e. The minimum Gasteiger partial charge on any atom is -0.494 e. The van der Waals surface area contributed by atoms with Crippen LogP contribution in [0.25, 0.3) is 10.9 Å². The molecular formula is C24H30N4O2S. The SMILES string of the molecule is CCOc1ccc(NC(=S)N(CCN(C)C)Cc2cc3cc(C)ccc3[nH]c2=O)cc1. The second-order valence-corrected chi connectivity index (χ2v) is 8.21. The third kappa shape index (κ3) is 6.29. The summed E-state index contributed by atoms with van der Waals surface area (Å²) in [5, 5.41) is 4.89. The van der Waals surface area contributed by atoms with E-state index in [9.17, 15) is 4.79 Å². The van der Waals surface area contributed by atoms with Crippen molar-refractivity contribution in [3.63, 3.8) is 0 Å². The maximum atomic E-state index is 12.7. The summed E-state index contributed by atoms with van der Waals surface area (Å²) in [6, 6.07) is 15.7. The molecule has 0 fully saturated rings. The van der Waals surface area contributed by atoms with Crippen molar-refractivity contribution in [1.82, 2.24) is 14.8 Å². The second-order valence-electron chi connectivity index (χ2n) is 7.83. The van der Waals surface area contributed by atoms with E-state index in [1.807, 2.05) is 75.3 Å². The van der Waals surface area contributed by atoms with E-state index in [-0.39, 0.29) is 5.56 Å². The van der Waals surface area contributed by atoms with Crippen molar-refractivity contribution < 1.29 is 4.74 Å². The molecule has 0 spiro atoms. The van der Waals surface area contributed by atoms with E-state index in [4.69, 9.17) is 17.0 Å². The van der Waals surface area contributed by atoms with Crippen LogP contribution < -0.4 is 15.6 Å². The van der Waals surface area contributed by atoms with Gasteiger partial charge in [-0.2, -0.15) is 0 Å². The number of nitrogens with one attached hydrogen (secondary N) is 2. The summed E-state index contributed by atoms with van der Waals surface area (Å²) in [4.78, 5) is 19.8. The minimum absolute atomic E-state index is 0.0879. The number of fused-ring (bicyclic) bond motifs is 1. The summed E-state index contributed by atoms with van der Waals surface area (Å²) >= 11 is 5.71. The molecule has 164 valence electrons. The largest absolute Gasteiger partial charge is 0.494 e. The van der Waals surface area contributed by atoms with Gasteiger partial charge in [0.1, 0.15) is 5.75 Å². The predicted molar refractivity (Wildman–Crippen MR) is 132 cm³/mol. The zero-order chi connectivity index (χ0) is 22.4. The summed E-state index contributed by atoms with van der Waals surface area (Å²) in [6.45, 7) is 6.57. The van der Waals surface area contributed by atoms with Crippen LogP contribution in [0.1, 0.15) is 18.1 Å². The highest BCUT2D eigenvalue weighted by Gasteiger charge is 2.14. The molecule has 7 heteroatoms. The predicted octanol–water partition coefficient (Wildman–Crippen LogP) is 4.00. The van der Waals surface area contributed by atoms with Crippen molar-refractivity contribution in [3.8, 4) is 5.75 Å². The molecule has 6 nitrogen and oxygen atoms in total. The topological polar surface area (TPSA) is 60.6 Å². The number of hydrogen-bond donors (Lipinski definition) is 2. The second kappa shape index (κ2) is 10.4. The highest BCUT2D eigenvalue weighted by molar-refractivity contribution is 7.80. The summed E-state index contributed by atoms with van der Waals surface area (Å²) < 4.78 is 5.50. The lowest BCUT2D eigenvalue weighted by Crippen LogP contribution is -2.40. The zero-order valence-electron chi connectivity index (χ0n) is 18.6. The van der Waals surface area contributed by atoms with Crippen LogP contribution in [0.15, 0.2) is 53.3 Å². The van der Waals surface area contributed by atoms with Gasteiger partial charge >= 0.3 is 0 Å². The van der Waals surface area contributed by atoms with E-state index in [2.05, 4.69) is 21.3 Å². The highest BCUT2D eigenvalue weighted by Crippen LogP contribution is 2.17. The number of H-pyrrole nitrogens is 1. The molecule has 2 N–H and O–H groups in total. The number of ether oxygens (including phenoxy) is 1. The van der Waals surface area contributed by atoms with Crippen LogP contribution in [0.2, 0.25) is 0 Å². The molecule has 0 amide bonds. The van der Waals surface area contributed by atoms with E-state index in [0.717, 1.165) is 34.4 Å². The normalized spacial score (nSPS) is 11.0. The molecule has 1 aromatic heterocycles. The van der Waals surface area contributed by atoms with Crippen LogP contribution in [0.3, 0.4) is 0 Å². The Kier molecular flexibility index (Phi) is 7.65. The van der Waals surface area contributed by atoms with E-state index in [1.54, 1.807) is 0 Å². The zero-order valence-corrected chi connectivity index (χ0v) is 19.4. The molecule has 0 atom stereocenters. The van der Waals surface area contributed by atoms with Gasteiger partial charge in [-0.1, -0.05) is 11.6 Å². The fourth-order valence-electron chi connectivity index (χ4n) is 3.27. The fourth-order valence-corrected chi connectivity index (χ4v) is 3.54. The lowest BCUT2D eigenvalue weighted by Gasteiger charge is -2.27. The van der Waals surface area contributed by atoms with Crippen LogP contribution in [0, 0.1) is 6.92 Å². The van der Waals surface area contributed by atoms with Crippen LogP contribution in [-0.4, -0.2) is 53.7 Å². The Balaban J connectivity index is 1.81. The number of thiocarbonyl (C=S) groups is 1. The molecule has 0 aliphatic carbocycles. The number of benzene rings is 2. The number of anilines is 1. The van der Waals surface area contributed by atoms with Gasteiger partial charge in [0, 0.05) is 29.9 Å². The third-order valence-electron chi connectivity index (χ3n) is 4.96. The van der Waals surface area contributed by atoms with Crippen LogP contribution in [0.4, 0.5) is 5.69 Å². The number of nitrogens with zero attached hydrogens (tertiary/aromatic N) is 2. The van der Waals surface area contributed by atoms with Crippen molar-refractivity contribution in [2.45, 2.75) is 20.4 Å². The lowest BCUT2D eigenvalue weighted by atomic mass is 10.1. The fraction of sp³-hybridized carbons (Fsp3) is 0.333. The molecule has 2 aromatic carbocycles. The number of pyridine rings is 1. The maximum absolute atomic E-state index is 12.7. The molecular weight excluding hydrogens is 408 g/mol. The first-order valence-corrected chi connectivity index (χ1v) is 10.8. The smallest absolute Gasteiger partial charge is 0.253 e. The Labute approximate surface area is 188 Å². The van der Waals surface area contributed by atoms with Gasteiger partial charge in [0.05, 0.1) is 13.2 Å². The van der Waals surface area contributed by atoms with Gasteiger partial charge in [-0.3, -0.25) is 4.79 Å². The summed E-state index contributed by atoms with van der Waals surface area (Å²) in [5.41, 5.74) is 3.48. The Morgan fingerprint density at radius 2 is 1.84 bits per heavy atom. The first-order valence-electron chi connectivity index (χ1n) is 10.4. The van der Waals surface area contributed by atoms with Crippen LogP contribution >= 0.6 is 12.2 Å². The van der Waals surface area contributed by atoms with E-state index < -0.39 is 0 Å². The number of likely N-dealkylation sites (N-methyl/N-ethyl adjacent to an activating group) is 1. The first-order chi connectivity index (χ1) is 14.9. The molecule has 0 aliphatic heterocycles. The molecule has 0 saturated heterocycles. The number of aromatic nitrogens is 1. The molecule has 0 radical (unpaired) electrons. The van der Waals surface area contributed by atoms with E-state index >= 15 is 0 Å². The van der Waals surface area contributed by atoms with Crippen LogP contribution in [-0.2, 0) is 6.54 Å². The minimum atomic E-state index is -0.0879. The van der Waals surface area contributed by atoms with Gasteiger partial charge in [-0.05, 0) is 88.0 Å². The molecule has 3 rings (SSSR count). The number of rotatable bonds is 8. The molecule has 0 unspecified atom stereocenters. The number of hydrogen-bond acceptors (Lipinski definition) is 4. The number of aromatic amines is 1. The molecule has 0 saturated carbocycles. The molecule has 0 aliphatic rings. The lowest BCUT2D eigenvalue weighted by molar-refractivity contribution is 0.327. The average Bonchev–Trinajstić information content (AvgIpc) is 2.73. The molecule has 1 heterocycles. The summed E-state index contributed by atoms with van der Waals surface area (Å²) in [6.07, 6.45) is 0. The van der Waals surface area contributed by atoms with E-state index in [1.165, 1.54) is 0 Å². The average molecular weight is 439 g/mol. The first kappa shape index (κ1) is 22.8. The van der Waals surface area contributed by atoms with Crippen molar-refractivity contribution in [3.05, 3.63) is 70.0 Å². The van der Waals surface area contributed by atoms with Crippen molar-refractivity contribution in [2.24, 2.45) is 0 Å². The van der Waals surface area contributed by atoms with Crippen LogP contribution in [0.5, 0.6) is 5.75 Å². The summed E-state index contributed by atoms with van der Waals surface area (Å²) in [5.74, 6) is 0.821. The van der Waals surface area contributed by atoms with E-state index in [0.29, 0.717) is 30.4 Å². The third-order valence-corrected chi connectivity index (χ3v) is 5.32.